The Balaban J connectivity index is 2.19. The molecule has 1 aromatic heterocycles. The van der Waals surface area contributed by atoms with Crippen molar-refractivity contribution in [3.05, 3.63) is 42.2 Å². The number of aromatic nitrogens is 2. The van der Waals surface area contributed by atoms with Gasteiger partial charge in [0.15, 0.2) is 5.82 Å². The van der Waals surface area contributed by atoms with E-state index in [1.54, 1.807) is 13.1 Å². The highest BCUT2D eigenvalue weighted by atomic mass is 16.5. The number of anilines is 1. The molecule has 0 spiro atoms. The molecule has 2 rings (SSSR count). The van der Waals surface area contributed by atoms with Crippen molar-refractivity contribution in [1.82, 2.24) is 9.97 Å². The zero-order valence-corrected chi connectivity index (χ0v) is 11.1. The highest BCUT2D eigenvalue weighted by Crippen LogP contribution is 2.21. The molecule has 2 aromatic rings. The van der Waals surface area contributed by atoms with E-state index in [-0.39, 0.29) is 0 Å². The van der Waals surface area contributed by atoms with Crippen molar-refractivity contribution in [2.24, 2.45) is 0 Å². The molecule has 0 saturated carbocycles. The normalized spacial score (nSPS) is 10.2. The standard InChI is InChI=1S/C14H17N3O2/c1-3-18-10-13-16-12(15-2)9-14(17-13)19-11-7-5-4-6-8-11/h4-9H,3,10H2,1-2H3,(H,15,16,17). The molecule has 0 bridgehead atoms. The summed E-state index contributed by atoms with van der Waals surface area (Å²) in [6.07, 6.45) is 0. The minimum Gasteiger partial charge on any atom is -0.439 e. The van der Waals surface area contributed by atoms with E-state index >= 15 is 0 Å². The molecule has 0 fully saturated rings. The van der Waals surface area contributed by atoms with Crippen molar-refractivity contribution in [2.45, 2.75) is 13.5 Å². The molecule has 19 heavy (non-hydrogen) atoms. The minimum absolute atomic E-state index is 0.372. The Bertz CT molecular complexity index is 517. The summed E-state index contributed by atoms with van der Waals surface area (Å²) in [6.45, 7) is 2.93. The summed E-state index contributed by atoms with van der Waals surface area (Å²) >= 11 is 0. The number of ether oxygens (including phenoxy) is 2. The van der Waals surface area contributed by atoms with Crippen molar-refractivity contribution in [3.63, 3.8) is 0 Å². The van der Waals surface area contributed by atoms with Crippen molar-refractivity contribution in [2.75, 3.05) is 19.0 Å². The van der Waals surface area contributed by atoms with Crippen molar-refractivity contribution in [1.29, 1.82) is 0 Å². The number of hydrogen-bond donors (Lipinski definition) is 1. The predicted molar refractivity (Wildman–Crippen MR) is 73.4 cm³/mol. The number of rotatable bonds is 6. The van der Waals surface area contributed by atoms with Gasteiger partial charge in [0.2, 0.25) is 5.88 Å². The van der Waals surface area contributed by atoms with E-state index in [0.717, 1.165) is 5.75 Å². The van der Waals surface area contributed by atoms with Crippen molar-refractivity contribution >= 4 is 5.82 Å². The smallest absolute Gasteiger partial charge is 0.224 e. The number of hydrogen-bond acceptors (Lipinski definition) is 5. The first-order chi connectivity index (χ1) is 9.31. The molecule has 5 nitrogen and oxygen atoms in total. The van der Waals surface area contributed by atoms with Gasteiger partial charge in [0.1, 0.15) is 18.2 Å². The van der Waals surface area contributed by atoms with Crippen LogP contribution in [0.2, 0.25) is 0 Å². The van der Waals surface area contributed by atoms with Gasteiger partial charge in [0.25, 0.3) is 0 Å². The summed E-state index contributed by atoms with van der Waals surface area (Å²) in [7, 11) is 1.80. The average molecular weight is 259 g/mol. The van der Waals surface area contributed by atoms with Gasteiger partial charge in [-0.15, -0.1) is 0 Å². The second-order valence-electron chi connectivity index (χ2n) is 3.81. The third kappa shape index (κ3) is 3.93. The molecule has 0 amide bonds. The first kappa shape index (κ1) is 13.3. The molecule has 0 radical (unpaired) electrons. The van der Waals surface area contributed by atoms with E-state index in [1.165, 1.54) is 0 Å². The van der Waals surface area contributed by atoms with E-state index < -0.39 is 0 Å². The number of para-hydroxylation sites is 1. The van der Waals surface area contributed by atoms with Crippen molar-refractivity contribution < 1.29 is 9.47 Å². The fourth-order valence-electron chi connectivity index (χ4n) is 1.52. The molecule has 100 valence electrons. The Hall–Kier alpha value is -2.14. The summed E-state index contributed by atoms with van der Waals surface area (Å²) in [6, 6.07) is 11.3. The second kappa shape index (κ2) is 6.70. The van der Waals surface area contributed by atoms with Gasteiger partial charge in [-0.1, -0.05) is 18.2 Å². The topological polar surface area (TPSA) is 56.3 Å². The molecule has 0 aliphatic heterocycles. The SMILES string of the molecule is CCOCc1nc(NC)cc(Oc2ccccc2)n1. The fourth-order valence-corrected chi connectivity index (χ4v) is 1.52. The number of nitrogens with one attached hydrogen (secondary N) is 1. The van der Waals surface area contributed by atoms with Crippen LogP contribution in [0.4, 0.5) is 5.82 Å². The highest BCUT2D eigenvalue weighted by molar-refractivity contribution is 5.39. The molecule has 5 heteroatoms. The zero-order chi connectivity index (χ0) is 13.5. The maximum absolute atomic E-state index is 5.69. The van der Waals surface area contributed by atoms with Gasteiger partial charge >= 0.3 is 0 Å². The van der Waals surface area contributed by atoms with E-state index in [2.05, 4.69) is 15.3 Å². The molecule has 0 aliphatic rings. The lowest BCUT2D eigenvalue weighted by molar-refractivity contribution is 0.128. The zero-order valence-electron chi connectivity index (χ0n) is 11.1. The molecular formula is C14H17N3O2. The van der Waals surface area contributed by atoms with Crippen LogP contribution >= 0.6 is 0 Å². The Kier molecular flexibility index (Phi) is 4.69. The van der Waals surface area contributed by atoms with E-state index in [4.69, 9.17) is 9.47 Å². The molecule has 0 saturated heterocycles. The summed E-state index contributed by atoms with van der Waals surface area (Å²) in [5, 5.41) is 2.98. The molecular weight excluding hydrogens is 242 g/mol. The highest BCUT2D eigenvalue weighted by Gasteiger charge is 2.06. The van der Waals surface area contributed by atoms with Crippen LogP contribution in [0.5, 0.6) is 11.6 Å². The maximum Gasteiger partial charge on any atom is 0.224 e. The van der Waals surface area contributed by atoms with Gasteiger partial charge in [-0.3, -0.25) is 0 Å². The summed E-state index contributed by atoms with van der Waals surface area (Å²) in [5.74, 6) is 2.54. The number of nitrogens with zero attached hydrogens (tertiary/aromatic N) is 2. The lowest BCUT2D eigenvalue weighted by atomic mass is 10.3. The van der Waals surface area contributed by atoms with Crippen LogP contribution in [0, 0.1) is 0 Å². The monoisotopic (exact) mass is 259 g/mol. The van der Waals surface area contributed by atoms with E-state index in [1.807, 2.05) is 37.3 Å². The van der Waals surface area contributed by atoms with Gasteiger partial charge in [-0.25, -0.2) is 4.98 Å². The minimum atomic E-state index is 0.372. The Labute approximate surface area is 112 Å². The second-order valence-corrected chi connectivity index (χ2v) is 3.81. The third-order valence-electron chi connectivity index (χ3n) is 2.41. The Morgan fingerprint density at radius 3 is 2.63 bits per heavy atom. The molecule has 0 atom stereocenters. The molecule has 0 unspecified atom stereocenters. The predicted octanol–water partition coefficient (Wildman–Crippen LogP) is 2.85. The Morgan fingerprint density at radius 1 is 1.16 bits per heavy atom. The van der Waals surface area contributed by atoms with Crippen LogP contribution in [0.3, 0.4) is 0 Å². The number of benzene rings is 1. The van der Waals surface area contributed by atoms with Crippen LogP contribution in [-0.2, 0) is 11.3 Å². The van der Waals surface area contributed by atoms with Gasteiger partial charge in [-0.05, 0) is 19.1 Å². The van der Waals surface area contributed by atoms with Crippen molar-refractivity contribution in [3.8, 4) is 11.6 Å². The van der Waals surface area contributed by atoms with Crippen LogP contribution in [0.1, 0.15) is 12.7 Å². The lowest BCUT2D eigenvalue weighted by Crippen LogP contribution is -2.04. The van der Waals surface area contributed by atoms with Gasteiger partial charge in [0, 0.05) is 19.7 Å². The largest absolute Gasteiger partial charge is 0.439 e. The van der Waals surface area contributed by atoms with Gasteiger partial charge in [0.05, 0.1) is 0 Å². The van der Waals surface area contributed by atoms with Gasteiger partial charge < -0.3 is 14.8 Å². The first-order valence-electron chi connectivity index (χ1n) is 6.18. The lowest BCUT2D eigenvalue weighted by Gasteiger charge is -2.09. The first-order valence-corrected chi connectivity index (χ1v) is 6.18. The van der Waals surface area contributed by atoms with Crippen LogP contribution < -0.4 is 10.1 Å². The molecule has 1 aromatic carbocycles. The molecule has 0 aliphatic carbocycles. The average Bonchev–Trinajstić information content (AvgIpc) is 2.46. The van der Waals surface area contributed by atoms with Crippen LogP contribution in [0.25, 0.3) is 0 Å². The van der Waals surface area contributed by atoms with E-state index in [0.29, 0.717) is 30.7 Å². The van der Waals surface area contributed by atoms with E-state index in [9.17, 15) is 0 Å². The molecule has 1 heterocycles. The summed E-state index contributed by atoms with van der Waals surface area (Å²) < 4.78 is 11.0. The quantitative estimate of drug-likeness (QED) is 0.864. The van der Waals surface area contributed by atoms with Crippen LogP contribution in [0.15, 0.2) is 36.4 Å². The van der Waals surface area contributed by atoms with Crippen LogP contribution in [-0.4, -0.2) is 23.6 Å². The van der Waals surface area contributed by atoms with Gasteiger partial charge in [-0.2, -0.15) is 4.98 Å². The fraction of sp³-hybridized carbons (Fsp3) is 0.286. The summed E-state index contributed by atoms with van der Waals surface area (Å²) in [5.41, 5.74) is 0. The Morgan fingerprint density at radius 2 is 1.95 bits per heavy atom. The maximum atomic E-state index is 5.69. The molecule has 1 N–H and O–H groups in total. The third-order valence-corrected chi connectivity index (χ3v) is 2.41. The summed E-state index contributed by atoms with van der Waals surface area (Å²) in [4.78, 5) is 8.62.